The maximum absolute atomic E-state index is 11.6. The van der Waals surface area contributed by atoms with Crippen LogP contribution in [0.15, 0.2) is 36.0 Å². The van der Waals surface area contributed by atoms with E-state index < -0.39 is 11.9 Å². The van der Waals surface area contributed by atoms with Gasteiger partial charge in [0, 0.05) is 5.69 Å². The van der Waals surface area contributed by atoms with Crippen molar-refractivity contribution in [1.82, 2.24) is 0 Å². The molecule has 0 aliphatic carbocycles. The van der Waals surface area contributed by atoms with Crippen molar-refractivity contribution >= 4 is 17.6 Å². The maximum Gasteiger partial charge on any atom is 0.354 e. The molecule has 5 heteroatoms. The minimum absolute atomic E-state index is 0.0302. The van der Waals surface area contributed by atoms with Crippen LogP contribution in [0, 0.1) is 0 Å². The van der Waals surface area contributed by atoms with Crippen molar-refractivity contribution in [1.29, 1.82) is 0 Å². The molecule has 0 heterocycles. The van der Waals surface area contributed by atoms with E-state index in [1.807, 2.05) is 25.1 Å². The van der Waals surface area contributed by atoms with E-state index in [0.29, 0.717) is 5.69 Å². The number of carbonyl (C=O) groups excluding carboxylic acids is 2. The number of esters is 2. The number of rotatable bonds is 5. The molecule has 0 unspecified atom stereocenters. The van der Waals surface area contributed by atoms with Crippen molar-refractivity contribution in [2.45, 2.75) is 13.3 Å². The van der Waals surface area contributed by atoms with Gasteiger partial charge in [-0.3, -0.25) is 0 Å². The SMILES string of the molecule is CCc1cccc(N/C(=C/C(=O)OC)C(=O)OC)c1. The van der Waals surface area contributed by atoms with Gasteiger partial charge in [-0.1, -0.05) is 19.1 Å². The molecule has 0 bridgehead atoms. The summed E-state index contributed by atoms with van der Waals surface area (Å²) in [5.74, 6) is -1.26. The Labute approximate surface area is 112 Å². The van der Waals surface area contributed by atoms with Crippen LogP contribution in [-0.2, 0) is 25.5 Å². The normalized spacial score (nSPS) is 10.8. The van der Waals surface area contributed by atoms with Crippen molar-refractivity contribution in [3.05, 3.63) is 41.6 Å². The molecule has 0 aliphatic rings. The first-order chi connectivity index (χ1) is 9.10. The van der Waals surface area contributed by atoms with Crippen LogP contribution >= 0.6 is 0 Å². The fourth-order valence-electron chi connectivity index (χ4n) is 1.46. The molecule has 1 aromatic carbocycles. The van der Waals surface area contributed by atoms with Crippen LogP contribution in [0.2, 0.25) is 0 Å². The van der Waals surface area contributed by atoms with Crippen LogP contribution in [0.5, 0.6) is 0 Å². The van der Waals surface area contributed by atoms with Gasteiger partial charge in [-0.05, 0) is 24.1 Å². The average Bonchev–Trinajstić information content (AvgIpc) is 2.45. The Bertz CT molecular complexity index is 494. The number of benzene rings is 1. The molecule has 0 atom stereocenters. The molecule has 0 saturated heterocycles. The number of anilines is 1. The van der Waals surface area contributed by atoms with E-state index >= 15 is 0 Å². The van der Waals surface area contributed by atoms with Crippen molar-refractivity contribution in [3.63, 3.8) is 0 Å². The lowest BCUT2D eigenvalue weighted by Crippen LogP contribution is -2.15. The summed E-state index contributed by atoms with van der Waals surface area (Å²) in [5, 5.41) is 2.86. The lowest BCUT2D eigenvalue weighted by atomic mass is 10.1. The van der Waals surface area contributed by atoms with Gasteiger partial charge in [-0.2, -0.15) is 0 Å². The quantitative estimate of drug-likeness (QED) is 0.649. The number of carbonyl (C=O) groups is 2. The van der Waals surface area contributed by atoms with Gasteiger partial charge in [0.1, 0.15) is 5.70 Å². The third-order valence-corrected chi connectivity index (χ3v) is 2.48. The highest BCUT2D eigenvalue weighted by molar-refractivity contribution is 5.98. The smallest absolute Gasteiger partial charge is 0.354 e. The number of ether oxygens (including phenoxy) is 2. The van der Waals surface area contributed by atoms with E-state index in [-0.39, 0.29) is 5.70 Å². The van der Waals surface area contributed by atoms with Gasteiger partial charge in [0.15, 0.2) is 0 Å². The van der Waals surface area contributed by atoms with Crippen LogP contribution < -0.4 is 5.32 Å². The Balaban J connectivity index is 2.97. The lowest BCUT2D eigenvalue weighted by molar-refractivity contribution is -0.138. The zero-order valence-corrected chi connectivity index (χ0v) is 11.2. The van der Waals surface area contributed by atoms with Crippen LogP contribution in [0.3, 0.4) is 0 Å². The Morgan fingerprint density at radius 2 is 2.00 bits per heavy atom. The van der Waals surface area contributed by atoms with E-state index in [4.69, 9.17) is 0 Å². The molecule has 19 heavy (non-hydrogen) atoms. The second kappa shape index (κ2) is 7.20. The van der Waals surface area contributed by atoms with Crippen LogP contribution in [0.25, 0.3) is 0 Å². The first-order valence-electron chi connectivity index (χ1n) is 5.84. The van der Waals surface area contributed by atoms with Crippen molar-refractivity contribution in [2.24, 2.45) is 0 Å². The van der Waals surface area contributed by atoms with Gasteiger partial charge in [0.05, 0.1) is 20.3 Å². The highest BCUT2D eigenvalue weighted by Gasteiger charge is 2.12. The van der Waals surface area contributed by atoms with Gasteiger partial charge in [-0.25, -0.2) is 9.59 Å². The molecule has 1 rings (SSSR count). The first-order valence-corrected chi connectivity index (χ1v) is 5.84. The first kappa shape index (κ1) is 14.8. The second-order valence-electron chi connectivity index (χ2n) is 3.75. The summed E-state index contributed by atoms with van der Waals surface area (Å²) in [6.07, 6.45) is 1.94. The summed E-state index contributed by atoms with van der Waals surface area (Å²) in [6, 6.07) is 7.54. The standard InChI is InChI=1S/C14H17NO4/c1-4-10-6-5-7-11(8-10)15-12(14(17)19-3)9-13(16)18-2/h5-9,15H,4H2,1-3H3/b12-9+. The molecule has 102 valence electrons. The van der Waals surface area contributed by atoms with E-state index in [1.54, 1.807) is 6.07 Å². The Morgan fingerprint density at radius 3 is 2.58 bits per heavy atom. The molecule has 1 aromatic rings. The van der Waals surface area contributed by atoms with E-state index in [9.17, 15) is 9.59 Å². The number of nitrogens with one attached hydrogen (secondary N) is 1. The molecule has 0 aromatic heterocycles. The van der Waals surface area contributed by atoms with Gasteiger partial charge in [-0.15, -0.1) is 0 Å². The summed E-state index contributed by atoms with van der Waals surface area (Å²) in [5.41, 5.74) is 1.86. The Kier molecular flexibility index (Phi) is 5.60. The van der Waals surface area contributed by atoms with Gasteiger partial charge >= 0.3 is 11.9 Å². The minimum Gasteiger partial charge on any atom is -0.466 e. The molecule has 0 fully saturated rings. The van der Waals surface area contributed by atoms with E-state index in [0.717, 1.165) is 18.1 Å². The number of aryl methyl sites for hydroxylation is 1. The third kappa shape index (κ3) is 4.46. The van der Waals surface area contributed by atoms with Crippen molar-refractivity contribution in [2.75, 3.05) is 19.5 Å². The number of hydrogen-bond acceptors (Lipinski definition) is 5. The third-order valence-electron chi connectivity index (χ3n) is 2.48. The molecular formula is C14H17NO4. The van der Waals surface area contributed by atoms with Crippen molar-refractivity contribution in [3.8, 4) is 0 Å². The lowest BCUT2D eigenvalue weighted by Gasteiger charge is -2.09. The highest BCUT2D eigenvalue weighted by atomic mass is 16.5. The maximum atomic E-state index is 11.6. The monoisotopic (exact) mass is 263 g/mol. The molecule has 0 spiro atoms. The predicted molar refractivity (Wildman–Crippen MR) is 71.6 cm³/mol. The summed E-state index contributed by atoms with van der Waals surface area (Å²) >= 11 is 0. The summed E-state index contributed by atoms with van der Waals surface area (Å²) in [4.78, 5) is 22.8. The fourth-order valence-corrected chi connectivity index (χ4v) is 1.46. The van der Waals surface area contributed by atoms with Gasteiger partial charge < -0.3 is 14.8 Å². The second-order valence-corrected chi connectivity index (χ2v) is 3.75. The van der Waals surface area contributed by atoms with Crippen molar-refractivity contribution < 1.29 is 19.1 Å². The van der Waals surface area contributed by atoms with Crippen LogP contribution in [-0.4, -0.2) is 26.2 Å². The molecule has 0 saturated carbocycles. The van der Waals surface area contributed by atoms with Crippen LogP contribution in [0.1, 0.15) is 12.5 Å². The molecule has 0 radical (unpaired) electrons. The predicted octanol–water partition coefficient (Wildman–Crippen LogP) is 1.89. The molecule has 5 nitrogen and oxygen atoms in total. The van der Waals surface area contributed by atoms with E-state index in [1.165, 1.54) is 14.2 Å². The highest BCUT2D eigenvalue weighted by Crippen LogP contribution is 2.14. The summed E-state index contributed by atoms with van der Waals surface area (Å²) in [7, 11) is 2.49. The van der Waals surface area contributed by atoms with Gasteiger partial charge in [0.25, 0.3) is 0 Å². The van der Waals surface area contributed by atoms with Gasteiger partial charge in [0.2, 0.25) is 0 Å². The van der Waals surface area contributed by atoms with E-state index in [2.05, 4.69) is 14.8 Å². The minimum atomic E-state index is -0.632. The Hall–Kier alpha value is -2.30. The largest absolute Gasteiger partial charge is 0.466 e. The molecule has 0 amide bonds. The summed E-state index contributed by atoms with van der Waals surface area (Å²) in [6.45, 7) is 2.03. The fraction of sp³-hybridized carbons (Fsp3) is 0.286. The molecular weight excluding hydrogens is 246 g/mol. The number of methoxy groups -OCH3 is 2. The topological polar surface area (TPSA) is 64.6 Å². The summed E-state index contributed by atoms with van der Waals surface area (Å²) < 4.78 is 9.10. The van der Waals surface area contributed by atoms with Crippen LogP contribution in [0.4, 0.5) is 5.69 Å². The molecule has 1 N–H and O–H groups in total. The Morgan fingerprint density at radius 1 is 1.26 bits per heavy atom. The zero-order valence-electron chi connectivity index (χ0n) is 11.2. The average molecular weight is 263 g/mol. The number of hydrogen-bond donors (Lipinski definition) is 1. The molecule has 0 aliphatic heterocycles. The zero-order chi connectivity index (χ0) is 14.3.